The third-order valence-electron chi connectivity index (χ3n) is 16.8. The molecule has 0 spiro atoms. The second-order valence-electron chi connectivity index (χ2n) is 21.7. The van der Waals surface area contributed by atoms with Crippen molar-refractivity contribution in [1.29, 1.82) is 0 Å². The Kier molecular flexibility index (Phi) is 8.50. The highest BCUT2D eigenvalue weighted by Gasteiger charge is 2.43. The topological polar surface area (TPSA) is 3.24 Å². The molecule has 0 fully saturated rings. The lowest BCUT2D eigenvalue weighted by Gasteiger charge is -2.30. The molecule has 0 saturated heterocycles. The van der Waals surface area contributed by atoms with Crippen LogP contribution in [0.1, 0.15) is 74.9 Å². The molecule has 0 heterocycles. The lowest BCUT2D eigenvalue weighted by atomic mass is 9.78. The van der Waals surface area contributed by atoms with Gasteiger partial charge in [0.05, 0.1) is 5.69 Å². The van der Waals surface area contributed by atoms with Crippen LogP contribution in [0, 0.1) is 0 Å². The Morgan fingerprint density at radius 3 is 1.57 bits per heavy atom. The van der Waals surface area contributed by atoms with Gasteiger partial charge in [-0.2, -0.15) is 0 Å². The molecule has 1 nitrogen and oxygen atoms in total. The lowest BCUT2D eigenvalue weighted by Crippen LogP contribution is -2.18. The van der Waals surface area contributed by atoms with E-state index in [1.165, 1.54) is 121 Å². The first-order chi connectivity index (χ1) is 34.0. The van der Waals surface area contributed by atoms with Crippen LogP contribution >= 0.6 is 0 Å². The van der Waals surface area contributed by atoms with Gasteiger partial charge in [0.25, 0.3) is 0 Å². The zero-order valence-electron chi connectivity index (χ0n) is 40.7. The van der Waals surface area contributed by atoms with Gasteiger partial charge in [0.15, 0.2) is 0 Å². The fraction of sp³-hybridized carbons (Fsp3) is 0.130. The van der Waals surface area contributed by atoms with Crippen molar-refractivity contribution >= 4 is 49.4 Å². The van der Waals surface area contributed by atoms with E-state index in [9.17, 15) is 0 Å². The summed E-state index contributed by atoms with van der Waals surface area (Å²) in [4.78, 5) is 2.52. The number of hydrogen-bond acceptors (Lipinski definition) is 1. The number of nitrogens with zero attached hydrogens (tertiary/aromatic N) is 1. The van der Waals surface area contributed by atoms with E-state index in [0.29, 0.717) is 0 Å². The Morgan fingerprint density at radius 1 is 0.286 bits per heavy atom. The SMILES string of the molecule is CC1(C)c2cc(N(c3ccc4c5c(ccc4c3)-c3ccc4ccccc4c3C5(C)C)c3ccccc3-c3ccc(-c4ccccc4)cc3)ccc2-c2cc3c(cc21)-c1c(ccc2ccccc12)C3(C)C. The van der Waals surface area contributed by atoms with Crippen LogP contribution in [0.15, 0.2) is 212 Å². The predicted octanol–water partition coefficient (Wildman–Crippen LogP) is 18.9. The third-order valence-corrected chi connectivity index (χ3v) is 16.8. The Bertz CT molecular complexity index is 4010. The van der Waals surface area contributed by atoms with Gasteiger partial charge >= 0.3 is 0 Å². The maximum absolute atomic E-state index is 2.56. The molecule has 0 saturated carbocycles. The molecule has 0 bridgehead atoms. The van der Waals surface area contributed by atoms with Gasteiger partial charge in [0, 0.05) is 33.2 Å². The summed E-state index contributed by atoms with van der Waals surface area (Å²) in [5.41, 5.74) is 24.3. The standard InChI is InChI=1S/C69H53N/c1-67(2)59-37-30-44-18-10-12-21-51(44)64(59)58-41-61-57(40-62(58)67)54-36-32-49(39-60(54)68(61,3)4)70(63-23-15-14-20-50(63)46-26-24-43(25-27-46)42-16-8-7-9-17-42)48-31-35-53-47(38-48)29-34-56-55-33-28-45-19-11-13-22-52(45)65(55)69(5,6)66(53)56/h7-41H,1-6H3. The molecule has 3 aliphatic carbocycles. The van der Waals surface area contributed by atoms with Gasteiger partial charge in [0.1, 0.15) is 0 Å². The monoisotopic (exact) mass is 895 g/mol. The van der Waals surface area contributed by atoms with Crippen LogP contribution in [0.4, 0.5) is 17.1 Å². The Labute approximate surface area is 411 Å². The molecular formula is C69H53N. The number of anilines is 3. The molecule has 3 aliphatic rings. The average Bonchev–Trinajstić information content (AvgIpc) is 3.88. The van der Waals surface area contributed by atoms with E-state index in [1.54, 1.807) is 0 Å². The fourth-order valence-electron chi connectivity index (χ4n) is 13.3. The first-order valence-electron chi connectivity index (χ1n) is 25.0. The molecule has 0 aromatic heterocycles. The zero-order chi connectivity index (χ0) is 47.3. The Balaban J connectivity index is 0.941. The molecular weight excluding hydrogens is 843 g/mol. The molecule has 1 heteroatoms. The zero-order valence-corrected chi connectivity index (χ0v) is 40.7. The molecule has 334 valence electrons. The maximum Gasteiger partial charge on any atom is 0.0540 e. The van der Waals surface area contributed by atoms with Crippen molar-refractivity contribution in [3.63, 3.8) is 0 Å². The minimum atomic E-state index is -0.236. The molecule has 0 aliphatic heterocycles. The quantitative estimate of drug-likeness (QED) is 0.166. The number of fused-ring (bicyclic) bond motifs is 15. The van der Waals surface area contributed by atoms with Crippen molar-refractivity contribution in [3.8, 4) is 55.6 Å². The van der Waals surface area contributed by atoms with Gasteiger partial charge in [-0.05, 0) is 158 Å². The molecule has 0 amide bonds. The summed E-state index contributed by atoms with van der Waals surface area (Å²) in [5, 5.41) is 7.84. The van der Waals surface area contributed by atoms with Crippen molar-refractivity contribution in [3.05, 3.63) is 246 Å². The largest absolute Gasteiger partial charge is 0.310 e. The number of hydrogen-bond donors (Lipinski definition) is 0. The van der Waals surface area contributed by atoms with Gasteiger partial charge in [-0.25, -0.2) is 0 Å². The van der Waals surface area contributed by atoms with Crippen molar-refractivity contribution in [2.45, 2.75) is 57.8 Å². The van der Waals surface area contributed by atoms with E-state index in [-0.39, 0.29) is 16.2 Å². The fourth-order valence-corrected chi connectivity index (χ4v) is 13.3. The van der Waals surface area contributed by atoms with E-state index in [2.05, 4.69) is 259 Å². The van der Waals surface area contributed by atoms with E-state index < -0.39 is 0 Å². The number of benzene rings is 11. The molecule has 70 heavy (non-hydrogen) atoms. The van der Waals surface area contributed by atoms with Gasteiger partial charge < -0.3 is 4.90 Å². The minimum Gasteiger partial charge on any atom is -0.310 e. The van der Waals surface area contributed by atoms with Crippen LogP contribution in [0.5, 0.6) is 0 Å². The van der Waals surface area contributed by atoms with Crippen LogP contribution < -0.4 is 4.90 Å². The highest BCUT2D eigenvalue weighted by atomic mass is 15.1. The second kappa shape index (κ2) is 14.5. The molecule has 14 rings (SSSR count). The van der Waals surface area contributed by atoms with E-state index in [1.807, 2.05) is 0 Å². The Hall–Kier alpha value is -8.00. The van der Waals surface area contributed by atoms with E-state index >= 15 is 0 Å². The first kappa shape index (κ1) is 41.0. The molecule has 11 aromatic rings. The summed E-state index contributed by atoms with van der Waals surface area (Å²) >= 11 is 0. The van der Waals surface area contributed by atoms with Crippen molar-refractivity contribution in [1.82, 2.24) is 0 Å². The smallest absolute Gasteiger partial charge is 0.0540 e. The first-order valence-corrected chi connectivity index (χ1v) is 25.0. The number of para-hydroxylation sites is 1. The lowest BCUT2D eigenvalue weighted by molar-refractivity contribution is 0.652. The highest BCUT2D eigenvalue weighted by Crippen LogP contribution is 2.59. The van der Waals surface area contributed by atoms with Crippen LogP contribution in [-0.4, -0.2) is 0 Å². The summed E-state index contributed by atoms with van der Waals surface area (Å²) in [5.74, 6) is 0. The molecule has 0 N–H and O–H groups in total. The van der Waals surface area contributed by atoms with Gasteiger partial charge in [-0.15, -0.1) is 0 Å². The molecule has 0 unspecified atom stereocenters. The highest BCUT2D eigenvalue weighted by molar-refractivity contribution is 6.06. The van der Waals surface area contributed by atoms with Gasteiger partial charge in [-0.1, -0.05) is 211 Å². The van der Waals surface area contributed by atoms with Gasteiger partial charge in [0.2, 0.25) is 0 Å². The third kappa shape index (κ3) is 5.67. The van der Waals surface area contributed by atoms with Crippen LogP contribution in [0.25, 0.3) is 88.0 Å². The van der Waals surface area contributed by atoms with E-state index in [4.69, 9.17) is 0 Å². The minimum absolute atomic E-state index is 0.113. The average molecular weight is 896 g/mol. The summed E-state index contributed by atoms with van der Waals surface area (Å²) in [7, 11) is 0. The predicted molar refractivity (Wildman–Crippen MR) is 297 cm³/mol. The van der Waals surface area contributed by atoms with Crippen molar-refractivity contribution in [2.75, 3.05) is 4.90 Å². The Morgan fingerprint density at radius 2 is 0.800 bits per heavy atom. The van der Waals surface area contributed by atoms with Crippen LogP contribution in [0.3, 0.4) is 0 Å². The van der Waals surface area contributed by atoms with Crippen LogP contribution in [0.2, 0.25) is 0 Å². The normalized spacial score (nSPS) is 15.1. The summed E-state index contributed by atoms with van der Waals surface area (Å²) in [6.45, 7) is 14.5. The molecule has 0 atom stereocenters. The maximum atomic E-state index is 2.56. The van der Waals surface area contributed by atoms with Crippen molar-refractivity contribution < 1.29 is 0 Å². The summed E-state index contributed by atoms with van der Waals surface area (Å²) in [6, 6.07) is 80.2. The summed E-state index contributed by atoms with van der Waals surface area (Å²) < 4.78 is 0. The second-order valence-corrected chi connectivity index (χ2v) is 21.7. The van der Waals surface area contributed by atoms with E-state index in [0.717, 1.165) is 17.1 Å². The van der Waals surface area contributed by atoms with Crippen molar-refractivity contribution in [2.24, 2.45) is 0 Å². The summed E-state index contributed by atoms with van der Waals surface area (Å²) in [6.07, 6.45) is 0. The number of rotatable bonds is 5. The molecule has 0 radical (unpaired) electrons. The van der Waals surface area contributed by atoms with Crippen LogP contribution in [-0.2, 0) is 16.2 Å². The molecule has 11 aromatic carbocycles. The van der Waals surface area contributed by atoms with Gasteiger partial charge in [-0.3, -0.25) is 0 Å².